The Hall–Kier alpha value is -5.80. The van der Waals surface area contributed by atoms with Crippen molar-refractivity contribution in [2.45, 2.75) is 32.1 Å². The van der Waals surface area contributed by atoms with Gasteiger partial charge in [-0.05, 0) is 114 Å². The third-order valence-electron chi connectivity index (χ3n) is 11.4. The number of thiophene rings is 2. The molecule has 0 bridgehead atoms. The van der Waals surface area contributed by atoms with Gasteiger partial charge in [0.1, 0.15) is 0 Å². The zero-order valence-electron chi connectivity index (χ0n) is 31.1. The van der Waals surface area contributed by atoms with Crippen LogP contribution < -0.4 is 0 Å². The van der Waals surface area contributed by atoms with Gasteiger partial charge in [0.2, 0.25) is 0 Å². The fourth-order valence-corrected chi connectivity index (χ4v) is 11.3. The molecule has 8 aromatic carbocycles. The van der Waals surface area contributed by atoms with E-state index in [1.807, 2.05) is 36.5 Å². The molecule has 1 aliphatic carbocycles. The average Bonchev–Trinajstić information content (AvgIpc) is 3.96. The molecule has 0 atom stereocenters. The molecule has 0 unspecified atom stereocenters. The van der Waals surface area contributed by atoms with Gasteiger partial charge in [0.05, 0.1) is 0 Å². The minimum absolute atomic E-state index is 0.258. The second kappa shape index (κ2) is 13.8. The Morgan fingerprint density at radius 3 is 1.24 bits per heavy atom. The Bertz CT molecular complexity index is 2790. The predicted molar refractivity (Wildman–Crippen MR) is 241 cm³/mol. The number of hydrogen-bond donors (Lipinski definition) is 0. The number of benzene rings is 8. The van der Waals surface area contributed by atoms with Crippen molar-refractivity contribution in [2.75, 3.05) is 0 Å². The van der Waals surface area contributed by atoms with Crippen molar-refractivity contribution in [3.05, 3.63) is 204 Å². The molecule has 264 valence electrons. The molecule has 55 heavy (non-hydrogen) atoms. The van der Waals surface area contributed by atoms with Crippen LogP contribution in [0.15, 0.2) is 182 Å². The second-order valence-corrected chi connectivity index (χ2v) is 16.7. The topological polar surface area (TPSA) is 0 Å². The minimum atomic E-state index is -0.258. The monoisotopic (exact) mass is 740 g/mol. The normalized spacial score (nSPS) is 12.8. The Morgan fingerprint density at radius 2 is 0.782 bits per heavy atom. The SMILES string of the molecule is CC.c1ccc(CC2(Cc3ccccc3)c3cc(-c4cc5ccc6ccccc6c5s4)ccc3-c3ccc(-c4cc5ccc6ccccc6c5s4)cc32)cc1. The van der Waals surface area contributed by atoms with E-state index >= 15 is 0 Å². The van der Waals surface area contributed by atoms with Crippen LogP contribution in [0.1, 0.15) is 36.1 Å². The molecule has 0 saturated heterocycles. The van der Waals surface area contributed by atoms with Gasteiger partial charge >= 0.3 is 0 Å². The number of fused-ring (bicyclic) bond motifs is 9. The van der Waals surface area contributed by atoms with Crippen LogP contribution in [0.2, 0.25) is 0 Å². The maximum absolute atomic E-state index is 2.54. The molecule has 11 rings (SSSR count). The molecule has 2 heteroatoms. The van der Waals surface area contributed by atoms with Crippen LogP contribution in [0, 0.1) is 0 Å². The van der Waals surface area contributed by atoms with E-state index in [1.165, 1.54) is 96.0 Å². The Balaban J connectivity index is 0.00000183. The van der Waals surface area contributed by atoms with E-state index in [-0.39, 0.29) is 5.41 Å². The number of hydrogen-bond acceptors (Lipinski definition) is 2. The summed E-state index contributed by atoms with van der Waals surface area (Å²) in [6.07, 6.45) is 1.84. The maximum Gasteiger partial charge on any atom is 0.0427 e. The molecular weight excluding hydrogens is 701 g/mol. The van der Waals surface area contributed by atoms with E-state index < -0.39 is 0 Å². The van der Waals surface area contributed by atoms with Gasteiger partial charge < -0.3 is 0 Å². The quantitative estimate of drug-likeness (QED) is 0.159. The van der Waals surface area contributed by atoms with Crippen LogP contribution in [0.5, 0.6) is 0 Å². The standard InChI is InChI=1S/C51H34S2.C2H6/c1-3-11-33(12-4-1)31-51(32-34-13-5-2-6-14-34)45-27-37(47-29-39-21-19-35-15-7-9-17-41(35)49(39)52-47)23-25-43(45)44-26-24-38(28-46(44)51)48-30-40-22-20-36-16-8-10-18-42(36)50(40)53-48;1-2/h1-30H,31-32H2;1-2H3. The van der Waals surface area contributed by atoms with Crippen LogP contribution in [-0.2, 0) is 18.3 Å². The third kappa shape index (κ3) is 5.71. The highest BCUT2D eigenvalue weighted by molar-refractivity contribution is 7.23. The van der Waals surface area contributed by atoms with Gasteiger partial charge in [-0.25, -0.2) is 0 Å². The Kier molecular flexibility index (Phi) is 8.47. The van der Waals surface area contributed by atoms with Gasteiger partial charge in [0, 0.05) is 24.6 Å². The van der Waals surface area contributed by atoms with E-state index in [9.17, 15) is 0 Å². The predicted octanol–water partition coefficient (Wildman–Crippen LogP) is 15.5. The van der Waals surface area contributed by atoms with E-state index in [1.54, 1.807) is 0 Å². The van der Waals surface area contributed by atoms with Crippen LogP contribution in [0.3, 0.4) is 0 Å². The first-order valence-electron chi connectivity index (χ1n) is 19.4. The number of rotatable bonds is 6. The molecule has 1 aliphatic rings. The lowest BCUT2D eigenvalue weighted by atomic mass is 9.69. The van der Waals surface area contributed by atoms with Crippen molar-refractivity contribution in [3.8, 4) is 32.0 Å². The van der Waals surface area contributed by atoms with Crippen molar-refractivity contribution in [2.24, 2.45) is 0 Å². The largest absolute Gasteiger partial charge is 0.135 e. The molecule has 0 radical (unpaired) electrons. The van der Waals surface area contributed by atoms with Crippen LogP contribution in [0.4, 0.5) is 0 Å². The summed E-state index contributed by atoms with van der Waals surface area (Å²) in [4.78, 5) is 2.64. The Labute approximate surface area is 331 Å². The highest BCUT2D eigenvalue weighted by Gasteiger charge is 2.44. The van der Waals surface area contributed by atoms with Gasteiger partial charge in [0.25, 0.3) is 0 Å². The van der Waals surface area contributed by atoms with E-state index in [0.29, 0.717) is 0 Å². The fraction of sp³-hybridized carbons (Fsp3) is 0.0943. The summed E-state index contributed by atoms with van der Waals surface area (Å²) in [5.41, 5.74) is 10.6. The van der Waals surface area contributed by atoms with Crippen LogP contribution >= 0.6 is 22.7 Å². The van der Waals surface area contributed by atoms with Crippen LogP contribution in [-0.4, -0.2) is 0 Å². The minimum Gasteiger partial charge on any atom is -0.135 e. The fourth-order valence-electron chi connectivity index (χ4n) is 8.95. The van der Waals surface area contributed by atoms with E-state index in [2.05, 4.69) is 182 Å². The zero-order valence-corrected chi connectivity index (χ0v) is 32.7. The molecule has 0 spiro atoms. The van der Waals surface area contributed by atoms with Gasteiger partial charge in [-0.3, -0.25) is 0 Å². The first-order chi connectivity index (χ1) is 27.2. The molecule has 0 amide bonds. The smallest absolute Gasteiger partial charge is 0.0427 e. The van der Waals surface area contributed by atoms with Gasteiger partial charge in [-0.15, -0.1) is 22.7 Å². The molecule has 2 heterocycles. The molecule has 0 N–H and O–H groups in total. The zero-order chi connectivity index (χ0) is 36.9. The molecule has 0 aliphatic heterocycles. The summed E-state index contributed by atoms with van der Waals surface area (Å²) in [5, 5.41) is 7.88. The lowest BCUT2D eigenvalue weighted by Gasteiger charge is -2.33. The van der Waals surface area contributed by atoms with Crippen molar-refractivity contribution in [1.82, 2.24) is 0 Å². The van der Waals surface area contributed by atoms with Crippen molar-refractivity contribution in [3.63, 3.8) is 0 Å². The second-order valence-electron chi connectivity index (χ2n) is 14.6. The van der Waals surface area contributed by atoms with Crippen molar-refractivity contribution < 1.29 is 0 Å². The van der Waals surface area contributed by atoms with Gasteiger partial charge in [0.15, 0.2) is 0 Å². The Morgan fingerprint density at radius 1 is 0.382 bits per heavy atom. The molecule has 0 nitrogen and oxygen atoms in total. The van der Waals surface area contributed by atoms with E-state index in [0.717, 1.165) is 12.8 Å². The summed E-state index contributed by atoms with van der Waals surface area (Å²) in [6, 6.07) is 68.4. The highest BCUT2D eigenvalue weighted by atomic mass is 32.1. The average molecular weight is 741 g/mol. The lowest BCUT2D eigenvalue weighted by molar-refractivity contribution is 0.520. The van der Waals surface area contributed by atoms with Crippen molar-refractivity contribution >= 4 is 64.4 Å². The third-order valence-corrected chi connectivity index (χ3v) is 13.9. The summed E-state index contributed by atoms with van der Waals surface area (Å²) in [5.74, 6) is 0. The van der Waals surface area contributed by atoms with Gasteiger partial charge in [-0.2, -0.15) is 0 Å². The van der Waals surface area contributed by atoms with E-state index in [4.69, 9.17) is 0 Å². The van der Waals surface area contributed by atoms with Crippen molar-refractivity contribution in [1.29, 1.82) is 0 Å². The summed E-state index contributed by atoms with van der Waals surface area (Å²) in [6.45, 7) is 4.00. The molecule has 10 aromatic rings. The lowest BCUT2D eigenvalue weighted by Crippen LogP contribution is -2.31. The first kappa shape index (κ1) is 33.7. The molecule has 2 aromatic heterocycles. The summed E-state index contributed by atoms with van der Waals surface area (Å²) >= 11 is 3.84. The summed E-state index contributed by atoms with van der Waals surface area (Å²) in [7, 11) is 0. The van der Waals surface area contributed by atoms with Gasteiger partial charge in [-0.1, -0.05) is 172 Å². The maximum atomic E-state index is 2.54. The molecule has 0 fully saturated rings. The van der Waals surface area contributed by atoms with Crippen LogP contribution in [0.25, 0.3) is 73.7 Å². The first-order valence-corrected chi connectivity index (χ1v) is 21.0. The molecular formula is C53H40S2. The molecule has 0 saturated carbocycles. The summed E-state index contributed by atoms with van der Waals surface area (Å²) < 4.78 is 2.73. The highest BCUT2D eigenvalue weighted by Crippen LogP contribution is 2.55.